The number of nitrogens with zero attached hydrogens (tertiary/aromatic N) is 4. The Morgan fingerprint density at radius 3 is 2.61 bits per heavy atom. The number of β-amino-alcohol motifs (C(OH)–C–C–N with tert-alkyl or cyclic N) is 1. The van der Waals surface area contributed by atoms with E-state index in [4.69, 9.17) is 5.73 Å². The van der Waals surface area contributed by atoms with Gasteiger partial charge in [-0.15, -0.1) is 0 Å². The standard InChI is InChI=1S/C21H19F2N5O2S/c1-2-13-15(8-24)20(28-6-5-12(29)10-28)27-21(16(13)9-25)31-18(19(26)30)14-4-3-11(22)7-17(14)23/h3-4,7,12,18,29H,2,5-6,10H2,1H3,(H2,26,30)/t12-,18+/m0/s1. The van der Waals surface area contributed by atoms with Gasteiger partial charge in [-0.3, -0.25) is 4.79 Å². The Labute approximate surface area is 182 Å². The van der Waals surface area contributed by atoms with Crippen molar-refractivity contribution in [2.45, 2.75) is 36.1 Å². The first-order valence-electron chi connectivity index (χ1n) is 9.51. The number of aliphatic hydroxyl groups is 1. The second-order valence-electron chi connectivity index (χ2n) is 7.00. The lowest BCUT2D eigenvalue weighted by molar-refractivity contribution is -0.117. The number of nitrogens with two attached hydrogens (primary N) is 1. The van der Waals surface area contributed by atoms with Crippen molar-refractivity contribution in [1.82, 2.24) is 4.98 Å². The zero-order valence-corrected chi connectivity index (χ0v) is 17.4. The number of aromatic nitrogens is 1. The number of benzene rings is 1. The van der Waals surface area contributed by atoms with E-state index in [2.05, 4.69) is 11.1 Å². The second kappa shape index (κ2) is 9.29. The lowest BCUT2D eigenvalue weighted by Crippen LogP contribution is -2.25. The summed E-state index contributed by atoms with van der Waals surface area (Å²) in [5.74, 6) is -2.34. The monoisotopic (exact) mass is 443 g/mol. The van der Waals surface area contributed by atoms with Crippen molar-refractivity contribution in [1.29, 1.82) is 10.5 Å². The molecule has 1 amide bonds. The molecule has 0 unspecified atom stereocenters. The Balaban J connectivity index is 2.15. The molecule has 2 heterocycles. The van der Waals surface area contributed by atoms with E-state index < -0.39 is 28.9 Å². The van der Waals surface area contributed by atoms with E-state index in [1.165, 1.54) is 0 Å². The van der Waals surface area contributed by atoms with Gasteiger partial charge in [0, 0.05) is 24.7 Å². The number of carbonyl (C=O) groups excluding carboxylic acids is 1. The third-order valence-corrected chi connectivity index (χ3v) is 6.26. The van der Waals surface area contributed by atoms with Crippen LogP contribution in [0.4, 0.5) is 14.6 Å². The number of pyridine rings is 1. The highest BCUT2D eigenvalue weighted by Gasteiger charge is 2.30. The molecule has 0 saturated carbocycles. The van der Waals surface area contributed by atoms with Gasteiger partial charge in [-0.25, -0.2) is 13.8 Å². The number of rotatable bonds is 6. The summed E-state index contributed by atoms with van der Waals surface area (Å²) in [5, 5.41) is 28.2. The van der Waals surface area contributed by atoms with Gasteiger partial charge in [-0.2, -0.15) is 10.5 Å². The van der Waals surface area contributed by atoms with Gasteiger partial charge in [-0.05, 0) is 24.5 Å². The van der Waals surface area contributed by atoms with Gasteiger partial charge in [-0.1, -0.05) is 24.8 Å². The average Bonchev–Trinajstić information content (AvgIpc) is 3.17. The van der Waals surface area contributed by atoms with Crippen molar-refractivity contribution in [2.75, 3.05) is 18.0 Å². The third kappa shape index (κ3) is 4.46. The van der Waals surface area contributed by atoms with Gasteiger partial charge in [0.15, 0.2) is 0 Å². The van der Waals surface area contributed by atoms with Crippen LogP contribution >= 0.6 is 11.8 Å². The summed E-state index contributed by atoms with van der Waals surface area (Å²) in [4.78, 5) is 18.3. The Morgan fingerprint density at radius 2 is 2.10 bits per heavy atom. The molecule has 1 aliphatic rings. The van der Waals surface area contributed by atoms with Crippen molar-refractivity contribution >= 4 is 23.5 Å². The summed E-state index contributed by atoms with van der Waals surface area (Å²) >= 11 is 0.774. The average molecular weight is 443 g/mol. The quantitative estimate of drug-likeness (QED) is 0.657. The molecule has 0 spiro atoms. The van der Waals surface area contributed by atoms with Crippen LogP contribution in [0.3, 0.4) is 0 Å². The fourth-order valence-corrected chi connectivity index (χ4v) is 4.62. The molecule has 1 aromatic heterocycles. The molecule has 0 aliphatic carbocycles. The molecular formula is C21H19F2N5O2S. The van der Waals surface area contributed by atoms with Gasteiger partial charge < -0.3 is 15.7 Å². The molecular weight excluding hydrogens is 424 g/mol. The summed E-state index contributed by atoms with van der Waals surface area (Å²) in [5.41, 5.74) is 6.13. The summed E-state index contributed by atoms with van der Waals surface area (Å²) in [6.45, 7) is 2.51. The van der Waals surface area contributed by atoms with Crippen LogP contribution in [0.5, 0.6) is 0 Å². The predicted octanol–water partition coefficient (Wildman–Crippen LogP) is 2.56. The summed E-state index contributed by atoms with van der Waals surface area (Å²) in [7, 11) is 0. The van der Waals surface area contributed by atoms with Crippen molar-refractivity contribution in [3.8, 4) is 12.1 Å². The maximum atomic E-state index is 14.4. The summed E-state index contributed by atoms with van der Waals surface area (Å²) in [6.07, 6.45) is 0.273. The molecule has 10 heteroatoms. The zero-order valence-electron chi connectivity index (χ0n) is 16.6. The van der Waals surface area contributed by atoms with Gasteiger partial charge in [0.1, 0.15) is 39.9 Å². The molecule has 31 heavy (non-hydrogen) atoms. The molecule has 2 atom stereocenters. The largest absolute Gasteiger partial charge is 0.391 e. The van der Waals surface area contributed by atoms with E-state index in [0.29, 0.717) is 36.8 Å². The van der Waals surface area contributed by atoms with Crippen LogP contribution in [0.2, 0.25) is 0 Å². The van der Waals surface area contributed by atoms with E-state index in [-0.39, 0.29) is 28.3 Å². The fourth-order valence-electron chi connectivity index (χ4n) is 3.53. The van der Waals surface area contributed by atoms with Crippen molar-refractivity contribution in [3.63, 3.8) is 0 Å². The second-order valence-corrected chi connectivity index (χ2v) is 8.09. The Kier molecular flexibility index (Phi) is 6.74. The zero-order chi connectivity index (χ0) is 22.7. The van der Waals surface area contributed by atoms with E-state index >= 15 is 0 Å². The number of thioether (sulfide) groups is 1. The minimum atomic E-state index is -1.27. The molecule has 3 rings (SSSR count). The van der Waals surface area contributed by atoms with E-state index in [0.717, 1.165) is 23.9 Å². The van der Waals surface area contributed by atoms with Crippen LogP contribution < -0.4 is 10.6 Å². The molecule has 2 aromatic rings. The molecule has 7 nitrogen and oxygen atoms in total. The van der Waals surface area contributed by atoms with Gasteiger partial charge in [0.25, 0.3) is 0 Å². The number of anilines is 1. The van der Waals surface area contributed by atoms with E-state index in [1.54, 1.807) is 11.8 Å². The lowest BCUT2D eigenvalue weighted by atomic mass is 10.0. The van der Waals surface area contributed by atoms with Gasteiger partial charge >= 0.3 is 0 Å². The third-order valence-electron chi connectivity index (χ3n) is 5.02. The molecule has 1 aliphatic heterocycles. The number of halogens is 2. The molecule has 1 aromatic carbocycles. The Bertz CT molecular complexity index is 1110. The van der Waals surface area contributed by atoms with E-state index in [1.807, 2.05) is 6.07 Å². The number of hydrogen-bond donors (Lipinski definition) is 2. The Morgan fingerprint density at radius 1 is 1.39 bits per heavy atom. The first-order chi connectivity index (χ1) is 14.8. The maximum Gasteiger partial charge on any atom is 0.235 e. The molecule has 0 bridgehead atoms. The number of nitriles is 2. The maximum absolute atomic E-state index is 14.4. The smallest absolute Gasteiger partial charge is 0.235 e. The Hall–Kier alpha value is -3.21. The number of carbonyl (C=O) groups is 1. The summed E-state index contributed by atoms with van der Waals surface area (Å²) in [6, 6.07) is 6.91. The number of amides is 1. The lowest BCUT2D eigenvalue weighted by Gasteiger charge is -2.23. The van der Waals surface area contributed by atoms with Crippen LogP contribution in [0.25, 0.3) is 0 Å². The number of hydrogen-bond acceptors (Lipinski definition) is 7. The molecule has 0 radical (unpaired) electrons. The highest BCUT2D eigenvalue weighted by Crippen LogP contribution is 2.40. The van der Waals surface area contributed by atoms with Crippen LogP contribution in [0, 0.1) is 34.3 Å². The van der Waals surface area contributed by atoms with Gasteiger partial charge in [0.05, 0.1) is 17.2 Å². The van der Waals surface area contributed by atoms with Crippen LogP contribution in [0.15, 0.2) is 23.2 Å². The van der Waals surface area contributed by atoms with E-state index in [9.17, 15) is 29.2 Å². The number of primary amides is 1. The molecule has 1 saturated heterocycles. The SMILES string of the molecule is CCc1c(C#N)c(S[C@@H](C(N)=O)c2ccc(F)cc2F)nc(N2CC[C@H](O)C2)c1C#N. The minimum Gasteiger partial charge on any atom is -0.391 e. The highest BCUT2D eigenvalue weighted by atomic mass is 32.2. The molecule has 3 N–H and O–H groups in total. The van der Waals surface area contributed by atoms with Crippen molar-refractivity contribution < 1.29 is 18.7 Å². The first kappa shape index (κ1) is 22.5. The predicted molar refractivity (Wildman–Crippen MR) is 110 cm³/mol. The minimum absolute atomic E-state index is 0.0984. The van der Waals surface area contributed by atoms with Crippen LogP contribution in [-0.2, 0) is 11.2 Å². The van der Waals surface area contributed by atoms with Crippen molar-refractivity contribution in [2.24, 2.45) is 5.73 Å². The van der Waals surface area contributed by atoms with Crippen molar-refractivity contribution in [3.05, 3.63) is 52.1 Å². The summed E-state index contributed by atoms with van der Waals surface area (Å²) < 4.78 is 27.7. The van der Waals surface area contributed by atoms with Crippen LogP contribution in [0.1, 0.15) is 40.8 Å². The first-order valence-corrected chi connectivity index (χ1v) is 10.4. The molecule has 160 valence electrons. The van der Waals surface area contributed by atoms with Gasteiger partial charge in [0.2, 0.25) is 5.91 Å². The fraction of sp³-hybridized carbons (Fsp3) is 0.333. The molecule has 1 fully saturated rings. The number of aliphatic hydroxyl groups excluding tert-OH is 1. The van der Waals surface area contributed by atoms with Crippen LogP contribution in [-0.4, -0.2) is 35.2 Å². The topological polar surface area (TPSA) is 127 Å². The normalized spacial score (nSPS) is 16.6. The highest BCUT2D eigenvalue weighted by molar-refractivity contribution is 8.00.